The normalized spacial score (nSPS) is 10.2. The molecule has 5 nitrogen and oxygen atoms in total. The number of pyridine rings is 1. The molecular weight excluding hydrogens is 232 g/mol. The monoisotopic (exact) mass is 252 g/mol. The molecule has 0 atom stereocenters. The van der Waals surface area contributed by atoms with Crippen molar-refractivity contribution in [3.05, 3.63) is 23.9 Å². The number of hydrogen-bond donors (Lipinski definition) is 0. The Hall–Kier alpha value is -1.62. The summed E-state index contributed by atoms with van der Waals surface area (Å²) in [5.41, 5.74) is 1.14. The van der Waals surface area contributed by atoms with Gasteiger partial charge in [0.1, 0.15) is 5.82 Å². The van der Waals surface area contributed by atoms with Crippen molar-refractivity contribution in [1.29, 1.82) is 0 Å². The zero-order valence-corrected chi connectivity index (χ0v) is 11.2. The van der Waals surface area contributed by atoms with Crippen LogP contribution in [0.1, 0.15) is 12.0 Å². The quantitative estimate of drug-likeness (QED) is 0.687. The lowest BCUT2D eigenvalue weighted by atomic mass is 10.2. The Morgan fingerprint density at radius 3 is 2.78 bits per heavy atom. The van der Waals surface area contributed by atoms with E-state index in [1.54, 1.807) is 13.3 Å². The minimum atomic E-state index is -0.218. The fourth-order valence-electron chi connectivity index (χ4n) is 1.56. The van der Waals surface area contributed by atoms with Crippen LogP contribution in [0, 0.1) is 6.92 Å². The van der Waals surface area contributed by atoms with E-state index in [1.807, 2.05) is 24.0 Å². The maximum atomic E-state index is 11.2. The van der Waals surface area contributed by atoms with E-state index in [0.717, 1.165) is 11.4 Å². The van der Waals surface area contributed by atoms with Crippen LogP contribution in [0.4, 0.5) is 5.82 Å². The summed E-state index contributed by atoms with van der Waals surface area (Å²) in [6.45, 7) is 3.88. The minimum Gasteiger partial charge on any atom is -0.469 e. The average Bonchev–Trinajstić information content (AvgIpc) is 2.38. The number of nitrogens with zero attached hydrogens (tertiary/aromatic N) is 2. The molecule has 0 saturated carbocycles. The van der Waals surface area contributed by atoms with Gasteiger partial charge in [0.05, 0.1) is 20.1 Å². The van der Waals surface area contributed by atoms with Gasteiger partial charge in [-0.1, -0.05) is 0 Å². The van der Waals surface area contributed by atoms with Gasteiger partial charge < -0.3 is 14.4 Å². The first kappa shape index (κ1) is 14.4. The van der Waals surface area contributed by atoms with Crippen molar-refractivity contribution in [2.24, 2.45) is 0 Å². The van der Waals surface area contributed by atoms with E-state index in [4.69, 9.17) is 4.74 Å². The lowest BCUT2D eigenvalue weighted by molar-refractivity contribution is -0.140. The lowest BCUT2D eigenvalue weighted by Gasteiger charge is -2.23. The third kappa shape index (κ3) is 4.71. The predicted octanol–water partition coefficient (Wildman–Crippen LogP) is 1.41. The second-order valence-electron chi connectivity index (χ2n) is 4.00. The number of methoxy groups -OCH3 is 2. The third-order valence-corrected chi connectivity index (χ3v) is 2.60. The molecule has 1 heterocycles. The molecule has 1 aromatic rings. The first-order valence-electron chi connectivity index (χ1n) is 5.90. The van der Waals surface area contributed by atoms with Gasteiger partial charge in [-0.05, 0) is 24.6 Å². The van der Waals surface area contributed by atoms with Crippen molar-refractivity contribution >= 4 is 11.8 Å². The van der Waals surface area contributed by atoms with Crippen molar-refractivity contribution in [2.45, 2.75) is 13.3 Å². The van der Waals surface area contributed by atoms with Gasteiger partial charge in [-0.3, -0.25) is 4.79 Å². The summed E-state index contributed by atoms with van der Waals surface area (Å²) in [6.07, 6.45) is 2.11. The van der Waals surface area contributed by atoms with Crippen LogP contribution >= 0.6 is 0 Å². The Labute approximate surface area is 108 Å². The Bertz CT molecular complexity index is 382. The van der Waals surface area contributed by atoms with E-state index in [1.165, 1.54) is 7.11 Å². The predicted molar refractivity (Wildman–Crippen MR) is 69.7 cm³/mol. The zero-order chi connectivity index (χ0) is 13.4. The van der Waals surface area contributed by atoms with Gasteiger partial charge in [0, 0.05) is 26.4 Å². The average molecular weight is 252 g/mol. The van der Waals surface area contributed by atoms with Gasteiger partial charge >= 0.3 is 5.97 Å². The molecule has 0 aliphatic rings. The van der Waals surface area contributed by atoms with E-state index in [0.29, 0.717) is 26.1 Å². The minimum absolute atomic E-state index is 0.218. The van der Waals surface area contributed by atoms with Crippen LogP contribution in [-0.2, 0) is 14.3 Å². The second-order valence-corrected chi connectivity index (χ2v) is 4.00. The Morgan fingerprint density at radius 1 is 1.39 bits per heavy atom. The summed E-state index contributed by atoms with van der Waals surface area (Å²) >= 11 is 0. The molecule has 0 saturated heterocycles. The highest BCUT2D eigenvalue weighted by Crippen LogP contribution is 2.12. The van der Waals surface area contributed by atoms with Gasteiger partial charge in [0.15, 0.2) is 0 Å². The highest BCUT2D eigenvalue weighted by molar-refractivity contribution is 5.69. The summed E-state index contributed by atoms with van der Waals surface area (Å²) in [5, 5.41) is 0. The Balaban J connectivity index is 2.68. The van der Waals surface area contributed by atoms with E-state index in [9.17, 15) is 4.79 Å². The molecule has 0 bridgehead atoms. The highest BCUT2D eigenvalue weighted by Gasteiger charge is 2.10. The van der Waals surface area contributed by atoms with Crippen LogP contribution in [0.2, 0.25) is 0 Å². The summed E-state index contributed by atoms with van der Waals surface area (Å²) in [4.78, 5) is 17.5. The van der Waals surface area contributed by atoms with Gasteiger partial charge in [-0.2, -0.15) is 0 Å². The molecule has 1 aromatic heterocycles. The highest BCUT2D eigenvalue weighted by atomic mass is 16.5. The van der Waals surface area contributed by atoms with E-state index >= 15 is 0 Å². The molecule has 5 heteroatoms. The molecule has 1 rings (SSSR count). The Kier molecular flexibility index (Phi) is 6.14. The molecule has 0 spiro atoms. The first-order chi connectivity index (χ1) is 8.67. The van der Waals surface area contributed by atoms with Gasteiger partial charge in [-0.15, -0.1) is 0 Å². The number of carbonyl (C=O) groups is 1. The van der Waals surface area contributed by atoms with Crippen molar-refractivity contribution < 1.29 is 14.3 Å². The van der Waals surface area contributed by atoms with Gasteiger partial charge in [-0.25, -0.2) is 4.98 Å². The van der Waals surface area contributed by atoms with E-state index in [2.05, 4.69) is 9.72 Å². The second kappa shape index (κ2) is 7.66. The van der Waals surface area contributed by atoms with Gasteiger partial charge in [0.25, 0.3) is 0 Å². The number of anilines is 1. The van der Waals surface area contributed by atoms with Gasteiger partial charge in [0.2, 0.25) is 0 Å². The number of hydrogen-bond acceptors (Lipinski definition) is 5. The molecule has 0 N–H and O–H groups in total. The molecule has 0 aromatic carbocycles. The molecular formula is C13H20N2O3. The number of rotatable bonds is 7. The maximum Gasteiger partial charge on any atom is 0.307 e. The van der Waals surface area contributed by atoms with Crippen molar-refractivity contribution in [3.63, 3.8) is 0 Å². The molecule has 0 aliphatic heterocycles. The van der Waals surface area contributed by atoms with Crippen LogP contribution in [0.3, 0.4) is 0 Å². The summed E-state index contributed by atoms with van der Waals surface area (Å²) in [5.74, 6) is 0.640. The van der Waals surface area contributed by atoms with E-state index in [-0.39, 0.29) is 5.97 Å². The molecule has 100 valence electrons. The molecule has 0 fully saturated rings. The third-order valence-electron chi connectivity index (χ3n) is 2.60. The SMILES string of the molecule is COCCN(CCC(=O)OC)c1cc(C)ccn1. The molecule has 18 heavy (non-hydrogen) atoms. The van der Waals surface area contributed by atoms with Crippen molar-refractivity contribution in [2.75, 3.05) is 38.8 Å². The van der Waals surface area contributed by atoms with Crippen molar-refractivity contribution in [1.82, 2.24) is 4.98 Å². The molecule has 0 unspecified atom stereocenters. The summed E-state index contributed by atoms with van der Waals surface area (Å²) in [7, 11) is 3.05. The molecule has 0 aliphatic carbocycles. The molecule has 0 amide bonds. The van der Waals surface area contributed by atoms with E-state index < -0.39 is 0 Å². The fraction of sp³-hybridized carbons (Fsp3) is 0.538. The summed E-state index contributed by atoms with van der Waals surface area (Å²) in [6, 6.07) is 3.94. The number of aryl methyl sites for hydroxylation is 1. The number of aromatic nitrogens is 1. The number of esters is 1. The standard InChI is InChI=1S/C13H20N2O3/c1-11-4-6-14-12(10-11)15(8-9-17-2)7-5-13(16)18-3/h4,6,10H,5,7-9H2,1-3H3. The fourth-order valence-corrected chi connectivity index (χ4v) is 1.56. The van der Waals surface area contributed by atoms with Crippen LogP contribution in [-0.4, -0.2) is 44.9 Å². The van der Waals surface area contributed by atoms with Crippen LogP contribution in [0.5, 0.6) is 0 Å². The first-order valence-corrected chi connectivity index (χ1v) is 5.90. The van der Waals surface area contributed by atoms with Crippen LogP contribution in [0.25, 0.3) is 0 Å². The largest absolute Gasteiger partial charge is 0.469 e. The summed E-state index contributed by atoms with van der Waals surface area (Å²) < 4.78 is 9.72. The molecule has 0 radical (unpaired) electrons. The Morgan fingerprint density at radius 2 is 2.17 bits per heavy atom. The van der Waals surface area contributed by atoms with Crippen molar-refractivity contribution in [3.8, 4) is 0 Å². The smallest absolute Gasteiger partial charge is 0.307 e. The topological polar surface area (TPSA) is 51.7 Å². The number of carbonyl (C=O) groups excluding carboxylic acids is 1. The van der Waals surface area contributed by atoms with Crippen LogP contribution in [0.15, 0.2) is 18.3 Å². The maximum absolute atomic E-state index is 11.2. The zero-order valence-electron chi connectivity index (χ0n) is 11.2. The van der Waals surface area contributed by atoms with Crippen LogP contribution < -0.4 is 4.90 Å². The number of ether oxygens (including phenoxy) is 2. The lowest BCUT2D eigenvalue weighted by Crippen LogP contribution is -2.30.